The minimum atomic E-state index is -2.99. The number of rotatable bonds is 7. The first-order valence-electron chi connectivity index (χ1n) is 7.62. The molecule has 0 spiro atoms. The standard InChI is InChI=1S/C15H28O3S/c1-4-7-12(8-5-2)15(16)13-9-6-10-14(11-13)19(3,17)18/h12-14H,4-11H2,1-3H3. The van der Waals surface area contributed by atoms with E-state index in [2.05, 4.69) is 13.8 Å². The molecule has 2 unspecified atom stereocenters. The number of carbonyl (C=O) groups excluding carboxylic acids is 1. The lowest BCUT2D eigenvalue weighted by Crippen LogP contribution is -2.33. The molecule has 112 valence electrons. The van der Waals surface area contributed by atoms with Crippen LogP contribution in [0.2, 0.25) is 0 Å². The zero-order valence-corrected chi connectivity index (χ0v) is 13.3. The Labute approximate surface area is 118 Å². The Kier molecular flexibility index (Phi) is 6.51. The Bertz CT molecular complexity index is 380. The van der Waals surface area contributed by atoms with E-state index in [4.69, 9.17) is 0 Å². The number of sulfone groups is 1. The second kappa shape index (κ2) is 7.41. The van der Waals surface area contributed by atoms with Crippen LogP contribution in [0.25, 0.3) is 0 Å². The lowest BCUT2D eigenvalue weighted by atomic mass is 9.79. The molecule has 0 bridgehead atoms. The smallest absolute Gasteiger partial charge is 0.150 e. The molecule has 2 atom stereocenters. The Morgan fingerprint density at radius 1 is 1.16 bits per heavy atom. The predicted octanol–water partition coefficient (Wildman–Crippen LogP) is 3.38. The van der Waals surface area contributed by atoms with Crippen molar-refractivity contribution < 1.29 is 13.2 Å². The summed E-state index contributed by atoms with van der Waals surface area (Å²) in [6.45, 7) is 4.21. The largest absolute Gasteiger partial charge is 0.299 e. The number of hydrogen-bond donors (Lipinski definition) is 0. The van der Waals surface area contributed by atoms with Crippen molar-refractivity contribution in [1.29, 1.82) is 0 Å². The fourth-order valence-corrected chi connectivity index (χ4v) is 4.43. The van der Waals surface area contributed by atoms with Crippen molar-refractivity contribution in [3.63, 3.8) is 0 Å². The van der Waals surface area contributed by atoms with Gasteiger partial charge < -0.3 is 0 Å². The summed E-state index contributed by atoms with van der Waals surface area (Å²) >= 11 is 0. The van der Waals surface area contributed by atoms with Crippen LogP contribution in [0.3, 0.4) is 0 Å². The van der Waals surface area contributed by atoms with Gasteiger partial charge in [-0.1, -0.05) is 33.1 Å². The fourth-order valence-electron chi connectivity index (χ4n) is 3.25. The molecule has 0 aromatic rings. The van der Waals surface area contributed by atoms with Gasteiger partial charge >= 0.3 is 0 Å². The summed E-state index contributed by atoms with van der Waals surface area (Å²) in [6.07, 6.45) is 8.31. The van der Waals surface area contributed by atoms with Crippen molar-refractivity contribution in [3.8, 4) is 0 Å². The van der Waals surface area contributed by atoms with Gasteiger partial charge in [-0.05, 0) is 32.1 Å². The first-order valence-corrected chi connectivity index (χ1v) is 9.58. The van der Waals surface area contributed by atoms with E-state index in [9.17, 15) is 13.2 Å². The molecule has 0 N–H and O–H groups in total. The molecule has 0 radical (unpaired) electrons. The summed E-state index contributed by atoms with van der Waals surface area (Å²) in [5, 5.41) is -0.292. The van der Waals surface area contributed by atoms with Gasteiger partial charge in [-0.25, -0.2) is 8.42 Å². The first kappa shape index (κ1) is 16.7. The molecule has 0 heterocycles. The van der Waals surface area contributed by atoms with Crippen molar-refractivity contribution in [2.24, 2.45) is 11.8 Å². The topological polar surface area (TPSA) is 51.2 Å². The second-order valence-electron chi connectivity index (χ2n) is 5.99. The molecule has 0 aromatic heterocycles. The highest BCUT2D eigenvalue weighted by atomic mass is 32.2. The highest BCUT2D eigenvalue weighted by Gasteiger charge is 2.34. The van der Waals surface area contributed by atoms with Gasteiger partial charge in [-0.15, -0.1) is 0 Å². The van der Waals surface area contributed by atoms with Crippen molar-refractivity contribution >= 4 is 15.6 Å². The van der Waals surface area contributed by atoms with Crippen LogP contribution in [0.4, 0.5) is 0 Å². The van der Waals surface area contributed by atoms with Crippen molar-refractivity contribution in [2.75, 3.05) is 6.26 Å². The van der Waals surface area contributed by atoms with Crippen LogP contribution in [-0.2, 0) is 14.6 Å². The van der Waals surface area contributed by atoms with Crippen molar-refractivity contribution in [2.45, 2.75) is 70.5 Å². The fraction of sp³-hybridized carbons (Fsp3) is 0.933. The van der Waals surface area contributed by atoms with Crippen LogP contribution in [0.5, 0.6) is 0 Å². The second-order valence-corrected chi connectivity index (χ2v) is 8.32. The summed E-state index contributed by atoms with van der Waals surface area (Å²) in [7, 11) is -2.99. The number of carbonyl (C=O) groups is 1. The Morgan fingerprint density at radius 2 is 1.74 bits per heavy atom. The molecule has 1 aliphatic carbocycles. The highest BCUT2D eigenvalue weighted by Crippen LogP contribution is 2.32. The van der Waals surface area contributed by atoms with Crippen molar-refractivity contribution in [1.82, 2.24) is 0 Å². The van der Waals surface area contributed by atoms with Crippen LogP contribution in [0, 0.1) is 11.8 Å². The van der Waals surface area contributed by atoms with Gasteiger partial charge in [0, 0.05) is 18.1 Å². The van der Waals surface area contributed by atoms with E-state index in [-0.39, 0.29) is 17.1 Å². The minimum absolute atomic E-state index is 0.0171. The third kappa shape index (κ3) is 4.90. The normalized spacial score (nSPS) is 24.6. The third-order valence-corrected chi connectivity index (χ3v) is 5.95. The number of ketones is 1. The van der Waals surface area contributed by atoms with Crippen LogP contribution < -0.4 is 0 Å². The maximum atomic E-state index is 12.6. The summed E-state index contributed by atoms with van der Waals surface area (Å²) in [4.78, 5) is 12.6. The van der Waals surface area contributed by atoms with Crippen LogP contribution in [0.15, 0.2) is 0 Å². The molecule has 1 rings (SSSR count). The maximum absolute atomic E-state index is 12.6. The van der Waals surface area contributed by atoms with Gasteiger partial charge in [0.15, 0.2) is 0 Å². The Hall–Kier alpha value is -0.380. The minimum Gasteiger partial charge on any atom is -0.299 e. The number of Topliss-reactive ketones (excluding diaryl/α,β-unsaturated/α-hetero) is 1. The predicted molar refractivity (Wildman–Crippen MR) is 78.9 cm³/mol. The van der Waals surface area contributed by atoms with Gasteiger partial charge in [-0.2, -0.15) is 0 Å². The average molecular weight is 288 g/mol. The molecular formula is C15H28O3S. The lowest BCUT2D eigenvalue weighted by Gasteiger charge is -2.29. The van der Waals surface area contributed by atoms with Gasteiger partial charge in [0.2, 0.25) is 0 Å². The van der Waals surface area contributed by atoms with E-state index in [1.165, 1.54) is 6.26 Å². The number of hydrogen-bond acceptors (Lipinski definition) is 3. The summed E-state index contributed by atoms with van der Waals surface area (Å²) in [5.41, 5.74) is 0. The maximum Gasteiger partial charge on any atom is 0.150 e. The Morgan fingerprint density at radius 3 is 2.21 bits per heavy atom. The zero-order valence-electron chi connectivity index (χ0n) is 12.5. The molecule has 3 nitrogen and oxygen atoms in total. The van der Waals surface area contributed by atoms with E-state index in [0.29, 0.717) is 12.2 Å². The van der Waals surface area contributed by atoms with E-state index in [1.54, 1.807) is 0 Å². The highest BCUT2D eigenvalue weighted by molar-refractivity contribution is 7.91. The molecule has 4 heteroatoms. The van der Waals surface area contributed by atoms with Gasteiger partial charge in [0.05, 0.1) is 5.25 Å². The molecule has 19 heavy (non-hydrogen) atoms. The van der Waals surface area contributed by atoms with E-state index in [1.807, 2.05) is 0 Å². The molecule has 1 aliphatic rings. The Balaban J connectivity index is 2.69. The lowest BCUT2D eigenvalue weighted by molar-refractivity contribution is -0.128. The zero-order chi connectivity index (χ0) is 14.5. The SMILES string of the molecule is CCCC(CCC)C(=O)C1CCCC(S(C)(=O)=O)C1. The molecule has 0 aliphatic heterocycles. The van der Waals surface area contributed by atoms with E-state index < -0.39 is 9.84 Å². The average Bonchev–Trinajstić information content (AvgIpc) is 2.37. The molecular weight excluding hydrogens is 260 g/mol. The van der Waals surface area contributed by atoms with Crippen LogP contribution in [0.1, 0.15) is 65.2 Å². The molecule has 0 saturated heterocycles. The monoisotopic (exact) mass is 288 g/mol. The van der Waals surface area contributed by atoms with Gasteiger partial charge in [-0.3, -0.25) is 4.79 Å². The van der Waals surface area contributed by atoms with E-state index in [0.717, 1.165) is 44.9 Å². The van der Waals surface area contributed by atoms with Crippen molar-refractivity contribution in [3.05, 3.63) is 0 Å². The summed E-state index contributed by atoms with van der Waals surface area (Å²) < 4.78 is 23.3. The van der Waals surface area contributed by atoms with E-state index >= 15 is 0 Å². The third-order valence-electron chi connectivity index (χ3n) is 4.31. The quantitative estimate of drug-likeness (QED) is 0.721. The van der Waals surface area contributed by atoms with Crippen LogP contribution >= 0.6 is 0 Å². The van der Waals surface area contributed by atoms with Gasteiger partial charge in [0.1, 0.15) is 15.6 Å². The molecule has 0 amide bonds. The van der Waals surface area contributed by atoms with Gasteiger partial charge in [0.25, 0.3) is 0 Å². The first-order chi connectivity index (χ1) is 8.90. The summed E-state index contributed by atoms with van der Waals surface area (Å²) in [6, 6.07) is 0. The summed E-state index contributed by atoms with van der Waals surface area (Å²) in [5.74, 6) is 0.465. The van der Waals surface area contributed by atoms with Crippen LogP contribution in [-0.4, -0.2) is 25.7 Å². The molecule has 0 aromatic carbocycles. The molecule has 1 fully saturated rings. The molecule has 1 saturated carbocycles.